The number of hydrogen-bond acceptors (Lipinski definition) is 2. The second-order valence-corrected chi connectivity index (χ2v) is 4.91. The number of nitrogens with two attached hydrogens (primary N) is 1. The molecule has 2 N–H and O–H groups in total. The Morgan fingerprint density at radius 1 is 1.12 bits per heavy atom. The molecule has 0 saturated heterocycles. The lowest BCUT2D eigenvalue weighted by Gasteiger charge is -2.18. The molecule has 3 heteroatoms. The molecule has 84 valence electrons. The van der Waals surface area contributed by atoms with Gasteiger partial charge >= 0.3 is 0 Å². The summed E-state index contributed by atoms with van der Waals surface area (Å²) in [6.45, 7) is 6.32. The predicted molar refractivity (Wildman–Crippen MR) is 67.1 cm³/mol. The number of rotatable bonds is 1. The van der Waals surface area contributed by atoms with Gasteiger partial charge in [0.05, 0.1) is 11.2 Å². The van der Waals surface area contributed by atoms with Crippen LogP contribution in [0.5, 0.6) is 0 Å². The van der Waals surface area contributed by atoms with Crippen LogP contribution in [0.15, 0.2) is 36.5 Å². The Hall–Kier alpha value is -1.77. The highest BCUT2D eigenvalue weighted by molar-refractivity contribution is 5.71. The Bertz CT molecular complexity index is 478. The van der Waals surface area contributed by atoms with Crippen LogP contribution in [0.4, 0.5) is 5.69 Å². The summed E-state index contributed by atoms with van der Waals surface area (Å²) in [4.78, 5) is 0. The van der Waals surface area contributed by atoms with Gasteiger partial charge in [0, 0.05) is 11.8 Å². The smallest absolute Gasteiger partial charge is 0.115 e. The minimum Gasteiger partial charge on any atom is -0.396 e. The fourth-order valence-corrected chi connectivity index (χ4v) is 1.55. The molecular formula is C13H17N3. The average molecular weight is 215 g/mol. The second kappa shape index (κ2) is 3.67. The van der Waals surface area contributed by atoms with Gasteiger partial charge in [0.2, 0.25) is 0 Å². The number of nitrogen functional groups attached to an aromatic ring is 1. The number of anilines is 1. The first kappa shape index (κ1) is 10.7. The van der Waals surface area contributed by atoms with Gasteiger partial charge < -0.3 is 5.73 Å². The van der Waals surface area contributed by atoms with E-state index in [1.807, 2.05) is 41.2 Å². The summed E-state index contributed by atoms with van der Waals surface area (Å²) < 4.78 is 1.91. The fraction of sp³-hybridized carbons (Fsp3) is 0.308. The average Bonchev–Trinajstić information content (AvgIpc) is 2.61. The van der Waals surface area contributed by atoms with Gasteiger partial charge in [-0.3, -0.25) is 4.68 Å². The van der Waals surface area contributed by atoms with Gasteiger partial charge in [-0.15, -0.1) is 0 Å². The molecule has 2 aromatic rings. The normalized spacial score (nSPS) is 11.7. The Labute approximate surface area is 95.9 Å². The van der Waals surface area contributed by atoms with Crippen molar-refractivity contribution in [2.75, 3.05) is 5.73 Å². The van der Waals surface area contributed by atoms with E-state index in [1.54, 1.807) is 0 Å². The third-order valence-corrected chi connectivity index (χ3v) is 2.48. The maximum atomic E-state index is 5.99. The van der Waals surface area contributed by atoms with Gasteiger partial charge in [-0.25, -0.2) is 0 Å². The summed E-state index contributed by atoms with van der Waals surface area (Å²) in [5, 5.41) is 4.54. The van der Waals surface area contributed by atoms with Crippen LogP contribution in [-0.2, 0) is 5.54 Å². The van der Waals surface area contributed by atoms with Crippen LogP contribution in [0.2, 0.25) is 0 Å². The molecule has 1 aromatic heterocycles. The van der Waals surface area contributed by atoms with Crippen LogP contribution in [0.3, 0.4) is 0 Å². The Balaban J connectivity index is 2.48. The minimum absolute atomic E-state index is 0.0405. The molecule has 0 amide bonds. The van der Waals surface area contributed by atoms with Gasteiger partial charge in [-0.05, 0) is 20.8 Å². The SMILES string of the molecule is CC(C)(C)n1cc(N)c(-c2ccccc2)n1. The third kappa shape index (κ3) is 1.94. The Morgan fingerprint density at radius 2 is 1.75 bits per heavy atom. The summed E-state index contributed by atoms with van der Waals surface area (Å²) in [5.74, 6) is 0. The first-order valence-corrected chi connectivity index (χ1v) is 5.39. The zero-order valence-electron chi connectivity index (χ0n) is 9.94. The van der Waals surface area contributed by atoms with E-state index >= 15 is 0 Å². The van der Waals surface area contributed by atoms with Crippen molar-refractivity contribution in [1.82, 2.24) is 9.78 Å². The summed E-state index contributed by atoms with van der Waals surface area (Å²) in [6, 6.07) is 10.0. The summed E-state index contributed by atoms with van der Waals surface area (Å²) in [6.07, 6.45) is 1.89. The molecular weight excluding hydrogens is 198 g/mol. The number of aromatic nitrogens is 2. The van der Waals surface area contributed by atoms with E-state index in [4.69, 9.17) is 5.73 Å². The summed E-state index contributed by atoms with van der Waals surface area (Å²) in [5.41, 5.74) is 8.58. The van der Waals surface area contributed by atoms with Crippen LogP contribution < -0.4 is 5.73 Å². The van der Waals surface area contributed by atoms with Crippen LogP contribution in [-0.4, -0.2) is 9.78 Å². The van der Waals surface area contributed by atoms with Gasteiger partial charge in [-0.1, -0.05) is 30.3 Å². The van der Waals surface area contributed by atoms with E-state index in [0.717, 1.165) is 16.9 Å². The van der Waals surface area contributed by atoms with Crippen molar-refractivity contribution >= 4 is 5.69 Å². The molecule has 0 bridgehead atoms. The van der Waals surface area contributed by atoms with Gasteiger partial charge in [-0.2, -0.15) is 5.10 Å². The van der Waals surface area contributed by atoms with Crippen molar-refractivity contribution in [1.29, 1.82) is 0 Å². The number of benzene rings is 1. The second-order valence-electron chi connectivity index (χ2n) is 4.91. The van der Waals surface area contributed by atoms with E-state index in [2.05, 4.69) is 25.9 Å². The molecule has 0 aliphatic rings. The van der Waals surface area contributed by atoms with E-state index < -0.39 is 0 Å². The Morgan fingerprint density at radius 3 is 2.25 bits per heavy atom. The lowest BCUT2D eigenvalue weighted by molar-refractivity contribution is 0.356. The van der Waals surface area contributed by atoms with Crippen molar-refractivity contribution in [3.05, 3.63) is 36.5 Å². The van der Waals surface area contributed by atoms with Crippen molar-refractivity contribution < 1.29 is 0 Å². The molecule has 0 saturated carbocycles. The third-order valence-electron chi connectivity index (χ3n) is 2.48. The highest BCUT2D eigenvalue weighted by Gasteiger charge is 2.17. The highest BCUT2D eigenvalue weighted by Crippen LogP contribution is 2.26. The minimum atomic E-state index is -0.0405. The fourth-order valence-electron chi connectivity index (χ4n) is 1.55. The van der Waals surface area contributed by atoms with Crippen molar-refractivity contribution in [2.45, 2.75) is 26.3 Å². The van der Waals surface area contributed by atoms with E-state index in [1.165, 1.54) is 0 Å². The predicted octanol–water partition coefficient (Wildman–Crippen LogP) is 2.89. The zero-order chi connectivity index (χ0) is 11.8. The quantitative estimate of drug-likeness (QED) is 0.795. The monoisotopic (exact) mass is 215 g/mol. The van der Waals surface area contributed by atoms with Crippen molar-refractivity contribution in [3.63, 3.8) is 0 Å². The highest BCUT2D eigenvalue weighted by atomic mass is 15.3. The maximum Gasteiger partial charge on any atom is 0.115 e. The van der Waals surface area contributed by atoms with E-state index in [-0.39, 0.29) is 5.54 Å². The maximum absolute atomic E-state index is 5.99. The molecule has 0 unspecified atom stereocenters. The molecule has 0 aliphatic heterocycles. The van der Waals surface area contributed by atoms with Crippen LogP contribution in [0, 0.1) is 0 Å². The van der Waals surface area contributed by atoms with E-state index in [0.29, 0.717) is 0 Å². The van der Waals surface area contributed by atoms with Crippen molar-refractivity contribution in [2.24, 2.45) is 0 Å². The Kier molecular flexibility index (Phi) is 2.46. The van der Waals surface area contributed by atoms with Crippen molar-refractivity contribution in [3.8, 4) is 11.3 Å². The largest absolute Gasteiger partial charge is 0.396 e. The molecule has 2 rings (SSSR count). The summed E-state index contributed by atoms with van der Waals surface area (Å²) in [7, 11) is 0. The molecule has 3 nitrogen and oxygen atoms in total. The standard InChI is InChI=1S/C13H17N3/c1-13(2,3)16-9-11(14)12(15-16)10-7-5-4-6-8-10/h4-9H,14H2,1-3H3. The van der Waals surface area contributed by atoms with Crippen LogP contribution in [0.1, 0.15) is 20.8 Å². The number of nitrogens with zero attached hydrogens (tertiary/aromatic N) is 2. The summed E-state index contributed by atoms with van der Waals surface area (Å²) >= 11 is 0. The van der Waals surface area contributed by atoms with Gasteiger partial charge in [0.1, 0.15) is 5.69 Å². The molecule has 1 heterocycles. The van der Waals surface area contributed by atoms with E-state index in [9.17, 15) is 0 Å². The molecule has 0 atom stereocenters. The first-order chi connectivity index (χ1) is 7.48. The first-order valence-electron chi connectivity index (χ1n) is 5.39. The lowest BCUT2D eigenvalue weighted by atomic mass is 10.1. The van der Waals surface area contributed by atoms with Crippen LogP contribution in [0.25, 0.3) is 11.3 Å². The molecule has 0 radical (unpaired) electrons. The molecule has 1 aromatic carbocycles. The van der Waals surface area contributed by atoms with Gasteiger partial charge in [0.25, 0.3) is 0 Å². The van der Waals surface area contributed by atoms with Gasteiger partial charge in [0.15, 0.2) is 0 Å². The molecule has 16 heavy (non-hydrogen) atoms. The molecule has 0 aliphatic carbocycles. The molecule has 0 fully saturated rings. The number of hydrogen-bond donors (Lipinski definition) is 1. The van der Waals surface area contributed by atoms with Crippen LogP contribution >= 0.6 is 0 Å². The lowest BCUT2D eigenvalue weighted by Crippen LogP contribution is -2.22. The molecule has 0 spiro atoms. The topological polar surface area (TPSA) is 43.8 Å². The zero-order valence-corrected chi connectivity index (χ0v) is 9.94.